The van der Waals surface area contributed by atoms with Crippen molar-refractivity contribution in [2.45, 2.75) is 25.7 Å². The molecule has 6 nitrogen and oxygen atoms in total. The molecule has 0 amide bonds. The lowest BCUT2D eigenvalue weighted by atomic mass is 10.1. The molecule has 2 rings (SSSR count). The maximum absolute atomic E-state index is 11.9. The summed E-state index contributed by atoms with van der Waals surface area (Å²) in [6.45, 7) is 2.35. The van der Waals surface area contributed by atoms with Crippen LogP contribution < -0.4 is 11.1 Å². The average Bonchev–Trinajstić information content (AvgIpc) is 3.13. The molecule has 0 radical (unpaired) electrons. The lowest BCUT2D eigenvalue weighted by Crippen LogP contribution is -2.14. The second kappa shape index (κ2) is 6.23. The van der Waals surface area contributed by atoms with Crippen LogP contribution in [0.3, 0.4) is 0 Å². The molecule has 1 fully saturated rings. The van der Waals surface area contributed by atoms with Crippen molar-refractivity contribution >= 4 is 37.8 Å². The number of esters is 1. The van der Waals surface area contributed by atoms with Crippen molar-refractivity contribution in [3.63, 3.8) is 0 Å². The van der Waals surface area contributed by atoms with Crippen molar-refractivity contribution in [2.75, 3.05) is 36.2 Å². The number of hydrogen-bond acceptors (Lipinski definition) is 7. The van der Waals surface area contributed by atoms with Crippen molar-refractivity contribution < 1.29 is 17.9 Å². The van der Waals surface area contributed by atoms with Gasteiger partial charge in [0.25, 0.3) is 0 Å². The van der Waals surface area contributed by atoms with E-state index in [1.807, 2.05) is 0 Å². The van der Waals surface area contributed by atoms with E-state index >= 15 is 0 Å². The zero-order chi connectivity index (χ0) is 15.6. The molecule has 3 N–H and O–H groups in total. The van der Waals surface area contributed by atoms with Crippen molar-refractivity contribution in [3.05, 3.63) is 10.4 Å². The van der Waals surface area contributed by atoms with E-state index in [0.717, 1.165) is 23.4 Å². The Kier molecular flexibility index (Phi) is 4.77. The quantitative estimate of drug-likeness (QED) is 0.739. The van der Waals surface area contributed by atoms with Gasteiger partial charge in [-0.2, -0.15) is 0 Å². The second-order valence-corrected chi connectivity index (χ2v) is 8.42. The topological polar surface area (TPSA) is 98.5 Å². The number of anilines is 2. The molecular formula is C13H20N2O4S2. The van der Waals surface area contributed by atoms with Crippen LogP contribution in [0, 0.1) is 0 Å². The van der Waals surface area contributed by atoms with Gasteiger partial charge in [0, 0.05) is 18.4 Å². The number of nitrogen functional groups attached to an aromatic ring is 1. The Morgan fingerprint density at radius 2 is 2.14 bits per heavy atom. The van der Waals surface area contributed by atoms with E-state index in [1.165, 1.54) is 17.6 Å². The maximum atomic E-state index is 11.9. The molecule has 0 unspecified atom stereocenters. The summed E-state index contributed by atoms with van der Waals surface area (Å²) in [6, 6.07) is 0. The molecule has 1 aromatic rings. The van der Waals surface area contributed by atoms with Crippen molar-refractivity contribution in [1.29, 1.82) is 0 Å². The zero-order valence-corrected chi connectivity index (χ0v) is 13.8. The summed E-state index contributed by atoms with van der Waals surface area (Å²) in [5.74, 6) is -0.00728. The van der Waals surface area contributed by atoms with E-state index < -0.39 is 15.8 Å². The standard InChI is InChI=1S/C13H20N2O4S2/c1-3-19-13(16)11-10(14)9(8-4-5-8)12(20-11)15-6-7-21(2,17)18/h8,15H,3-7,14H2,1-2H3. The van der Waals surface area contributed by atoms with E-state index in [-0.39, 0.29) is 5.75 Å². The van der Waals surface area contributed by atoms with Gasteiger partial charge in [-0.05, 0) is 25.7 Å². The first kappa shape index (κ1) is 16.1. The molecule has 0 bridgehead atoms. The summed E-state index contributed by atoms with van der Waals surface area (Å²) in [4.78, 5) is 12.3. The van der Waals surface area contributed by atoms with Crippen LogP contribution in [0.25, 0.3) is 0 Å². The second-order valence-electron chi connectivity index (χ2n) is 5.14. The number of carbonyl (C=O) groups is 1. The first-order chi connectivity index (χ1) is 9.83. The van der Waals surface area contributed by atoms with Crippen molar-refractivity contribution in [1.82, 2.24) is 0 Å². The highest BCUT2D eigenvalue weighted by Crippen LogP contribution is 2.50. The van der Waals surface area contributed by atoms with Gasteiger partial charge < -0.3 is 15.8 Å². The number of sulfone groups is 1. The lowest BCUT2D eigenvalue weighted by Gasteiger charge is -2.06. The lowest BCUT2D eigenvalue weighted by molar-refractivity contribution is 0.0533. The molecule has 1 aliphatic carbocycles. The summed E-state index contributed by atoms with van der Waals surface area (Å²) in [6.07, 6.45) is 3.29. The molecule has 1 heterocycles. The van der Waals surface area contributed by atoms with Gasteiger partial charge in [0.05, 0.1) is 23.0 Å². The van der Waals surface area contributed by atoms with Gasteiger partial charge in [-0.25, -0.2) is 13.2 Å². The third kappa shape index (κ3) is 4.10. The molecule has 21 heavy (non-hydrogen) atoms. The van der Waals surface area contributed by atoms with Gasteiger partial charge in [-0.1, -0.05) is 0 Å². The van der Waals surface area contributed by atoms with E-state index in [2.05, 4.69) is 5.32 Å². The Morgan fingerprint density at radius 3 is 2.67 bits per heavy atom. The molecule has 1 aliphatic rings. The van der Waals surface area contributed by atoms with E-state index in [9.17, 15) is 13.2 Å². The normalized spacial score (nSPS) is 15.0. The highest BCUT2D eigenvalue weighted by atomic mass is 32.2. The Labute approximate surface area is 128 Å². The third-order valence-electron chi connectivity index (χ3n) is 3.19. The van der Waals surface area contributed by atoms with Gasteiger partial charge in [-0.3, -0.25) is 0 Å². The fourth-order valence-corrected chi connectivity index (χ4v) is 3.66. The van der Waals surface area contributed by atoms with Crippen molar-refractivity contribution in [2.24, 2.45) is 0 Å². The summed E-state index contributed by atoms with van der Waals surface area (Å²) < 4.78 is 27.4. The molecule has 118 valence electrons. The number of carbonyl (C=O) groups excluding carboxylic acids is 1. The van der Waals surface area contributed by atoms with Gasteiger partial charge in [0.1, 0.15) is 14.7 Å². The van der Waals surface area contributed by atoms with E-state index in [1.54, 1.807) is 6.92 Å². The first-order valence-corrected chi connectivity index (χ1v) is 9.72. The highest BCUT2D eigenvalue weighted by molar-refractivity contribution is 7.90. The number of nitrogens with two attached hydrogens (primary N) is 1. The molecule has 0 atom stereocenters. The van der Waals surface area contributed by atoms with Crippen LogP contribution in [-0.4, -0.2) is 39.5 Å². The van der Waals surface area contributed by atoms with Gasteiger partial charge in [-0.15, -0.1) is 11.3 Å². The molecule has 0 aliphatic heterocycles. The van der Waals surface area contributed by atoms with Crippen LogP contribution in [0.5, 0.6) is 0 Å². The van der Waals surface area contributed by atoms with E-state index in [0.29, 0.717) is 29.6 Å². The average molecular weight is 332 g/mol. The zero-order valence-electron chi connectivity index (χ0n) is 12.1. The molecule has 8 heteroatoms. The van der Waals surface area contributed by atoms with Gasteiger partial charge in [0.15, 0.2) is 0 Å². The maximum Gasteiger partial charge on any atom is 0.350 e. The fourth-order valence-electron chi connectivity index (χ4n) is 2.06. The Bertz CT molecular complexity index is 633. The molecule has 1 saturated carbocycles. The number of rotatable bonds is 7. The molecule has 0 spiro atoms. The monoisotopic (exact) mass is 332 g/mol. The Hall–Kier alpha value is -1.28. The third-order valence-corrected chi connectivity index (χ3v) is 5.29. The fraction of sp³-hybridized carbons (Fsp3) is 0.615. The molecule has 0 saturated heterocycles. The summed E-state index contributed by atoms with van der Waals surface area (Å²) >= 11 is 1.25. The van der Waals surface area contributed by atoms with Crippen LogP contribution >= 0.6 is 11.3 Å². The summed E-state index contributed by atoms with van der Waals surface area (Å²) in [5, 5.41) is 3.89. The van der Waals surface area contributed by atoms with Gasteiger partial charge in [0.2, 0.25) is 0 Å². The number of nitrogens with one attached hydrogen (secondary N) is 1. The van der Waals surface area contributed by atoms with Crippen LogP contribution in [0.4, 0.5) is 10.7 Å². The molecular weight excluding hydrogens is 312 g/mol. The van der Waals surface area contributed by atoms with Crippen LogP contribution in [0.1, 0.15) is 40.9 Å². The van der Waals surface area contributed by atoms with Gasteiger partial charge >= 0.3 is 5.97 Å². The summed E-state index contributed by atoms with van der Waals surface area (Å²) in [7, 11) is -3.02. The number of hydrogen-bond donors (Lipinski definition) is 2. The SMILES string of the molecule is CCOC(=O)c1sc(NCCS(C)(=O)=O)c(C2CC2)c1N. The predicted octanol–water partition coefficient (Wildman–Crippen LogP) is 1.84. The van der Waals surface area contributed by atoms with Crippen LogP contribution in [-0.2, 0) is 14.6 Å². The van der Waals surface area contributed by atoms with Crippen molar-refractivity contribution in [3.8, 4) is 0 Å². The largest absolute Gasteiger partial charge is 0.462 e. The molecule has 0 aromatic carbocycles. The smallest absolute Gasteiger partial charge is 0.350 e. The molecule has 1 aromatic heterocycles. The first-order valence-electron chi connectivity index (χ1n) is 6.84. The van der Waals surface area contributed by atoms with E-state index in [4.69, 9.17) is 10.5 Å². The predicted molar refractivity (Wildman–Crippen MR) is 84.9 cm³/mol. The minimum absolute atomic E-state index is 0.0453. The van der Waals surface area contributed by atoms with Crippen LogP contribution in [0.2, 0.25) is 0 Å². The number of thiophene rings is 1. The Morgan fingerprint density at radius 1 is 1.48 bits per heavy atom. The number of ether oxygens (including phenoxy) is 1. The summed E-state index contributed by atoms with van der Waals surface area (Å²) in [5.41, 5.74) is 7.50. The minimum Gasteiger partial charge on any atom is -0.462 e. The van der Waals surface area contributed by atoms with Crippen LogP contribution in [0.15, 0.2) is 0 Å². The highest BCUT2D eigenvalue weighted by Gasteiger charge is 2.33. The minimum atomic E-state index is -3.02. The Balaban J connectivity index is 2.19.